The summed E-state index contributed by atoms with van der Waals surface area (Å²) in [5, 5.41) is 0. The molecule has 26 heavy (non-hydrogen) atoms. The minimum atomic E-state index is -0.502. The predicted octanol–water partition coefficient (Wildman–Crippen LogP) is 2.19. The first kappa shape index (κ1) is 22.1. The molecule has 1 rings (SSSR count). The molecule has 0 heterocycles. The van der Waals surface area contributed by atoms with Crippen LogP contribution in [0.25, 0.3) is 0 Å². The Morgan fingerprint density at radius 3 is 1.35 bits per heavy atom. The zero-order chi connectivity index (χ0) is 20.1. The number of carbonyl (C=O) groups is 2. The molecule has 0 aromatic heterocycles. The van der Waals surface area contributed by atoms with Crippen LogP contribution in [0.5, 0.6) is 0 Å². The molecule has 2 atom stereocenters. The van der Waals surface area contributed by atoms with Gasteiger partial charge in [-0.1, -0.05) is 12.1 Å². The molecule has 0 radical (unpaired) electrons. The Kier molecular flexibility index (Phi) is 7.35. The number of hydrogen-bond donors (Lipinski definition) is 0. The SMILES string of the molecule is CC(C[N+](C)(C)C)OC(=O)c1ccccc1C(=O)OC(C)C[N+](C)(C)C. The number of esters is 2. The van der Waals surface area contributed by atoms with Crippen molar-refractivity contribution in [2.75, 3.05) is 55.4 Å². The molecule has 0 saturated carbocycles. The van der Waals surface area contributed by atoms with Crippen LogP contribution in [-0.4, -0.2) is 88.5 Å². The highest BCUT2D eigenvalue weighted by Gasteiger charge is 2.25. The molecule has 2 unspecified atom stereocenters. The standard InChI is InChI=1S/C20H34N2O4/c1-15(13-21(3,4)5)25-19(23)17-11-9-10-12-18(17)20(24)26-16(2)14-22(6,7)8/h9-12,15-16H,13-14H2,1-8H3/q+2. The van der Waals surface area contributed by atoms with Crippen LogP contribution in [0.3, 0.4) is 0 Å². The van der Waals surface area contributed by atoms with Crippen molar-refractivity contribution < 1.29 is 28.0 Å². The van der Waals surface area contributed by atoms with Crippen LogP contribution < -0.4 is 0 Å². The lowest BCUT2D eigenvalue weighted by Gasteiger charge is -2.28. The topological polar surface area (TPSA) is 52.6 Å². The number of quaternary nitrogens is 2. The van der Waals surface area contributed by atoms with Crippen LogP contribution in [0, 0.1) is 0 Å². The Bertz CT molecular complexity index is 574. The molecule has 0 fully saturated rings. The summed E-state index contributed by atoms with van der Waals surface area (Å²) < 4.78 is 12.4. The second-order valence-electron chi connectivity index (χ2n) is 8.92. The smallest absolute Gasteiger partial charge is 0.339 e. The van der Waals surface area contributed by atoms with E-state index in [9.17, 15) is 9.59 Å². The van der Waals surface area contributed by atoms with Gasteiger partial charge in [-0.05, 0) is 26.0 Å². The molecule has 1 aromatic rings. The molecule has 6 nitrogen and oxygen atoms in total. The molecule has 0 aliphatic heterocycles. The van der Waals surface area contributed by atoms with Crippen molar-refractivity contribution in [3.05, 3.63) is 35.4 Å². The summed E-state index contributed by atoms with van der Waals surface area (Å²) >= 11 is 0. The van der Waals surface area contributed by atoms with Crippen LogP contribution in [0.1, 0.15) is 34.6 Å². The lowest BCUT2D eigenvalue weighted by molar-refractivity contribution is -0.873. The van der Waals surface area contributed by atoms with Gasteiger partial charge in [0.1, 0.15) is 25.3 Å². The molecular weight excluding hydrogens is 332 g/mol. The molecule has 146 valence electrons. The van der Waals surface area contributed by atoms with Gasteiger partial charge in [-0.2, -0.15) is 0 Å². The van der Waals surface area contributed by atoms with Gasteiger partial charge in [0, 0.05) is 0 Å². The van der Waals surface area contributed by atoms with Gasteiger partial charge >= 0.3 is 11.9 Å². The van der Waals surface area contributed by atoms with Crippen molar-refractivity contribution >= 4 is 11.9 Å². The highest BCUT2D eigenvalue weighted by Crippen LogP contribution is 2.15. The van der Waals surface area contributed by atoms with E-state index in [1.807, 2.05) is 56.1 Å². The fraction of sp³-hybridized carbons (Fsp3) is 0.600. The van der Waals surface area contributed by atoms with Gasteiger partial charge in [-0.25, -0.2) is 9.59 Å². The van der Waals surface area contributed by atoms with Gasteiger partial charge in [0.25, 0.3) is 0 Å². The van der Waals surface area contributed by atoms with Gasteiger partial charge in [0.2, 0.25) is 0 Å². The lowest BCUT2D eigenvalue weighted by atomic mass is 10.1. The van der Waals surface area contributed by atoms with E-state index in [2.05, 4.69) is 0 Å². The molecule has 0 amide bonds. The molecule has 0 spiro atoms. The number of nitrogens with zero attached hydrogens (tertiary/aromatic N) is 2. The van der Waals surface area contributed by atoms with E-state index < -0.39 is 11.9 Å². The second kappa shape index (κ2) is 8.64. The average molecular weight is 367 g/mol. The third kappa shape index (κ3) is 7.97. The van der Waals surface area contributed by atoms with E-state index in [4.69, 9.17) is 9.47 Å². The van der Waals surface area contributed by atoms with Gasteiger partial charge in [0.05, 0.1) is 53.4 Å². The van der Waals surface area contributed by atoms with E-state index in [-0.39, 0.29) is 23.3 Å². The highest BCUT2D eigenvalue weighted by molar-refractivity contribution is 6.03. The second-order valence-corrected chi connectivity index (χ2v) is 8.92. The van der Waals surface area contributed by atoms with E-state index in [1.54, 1.807) is 24.3 Å². The van der Waals surface area contributed by atoms with Gasteiger partial charge in [-0.3, -0.25) is 0 Å². The highest BCUT2D eigenvalue weighted by atomic mass is 16.6. The van der Waals surface area contributed by atoms with Crippen molar-refractivity contribution in [3.63, 3.8) is 0 Å². The fourth-order valence-corrected chi connectivity index (χ4v) is 2.95. The summed E-state index contributed by atoms with van der Waals surface area (Å²) in [5.41, 5.74) is 0.478. The van der Waals surface area contributed by atoms with E-state index in [0.717, 1.165) is 0 Å². The molecule has 0 N–H and O–H groups in total. The quantitative estimate of drug-likeness (QED) is 0.523. The number of ether oxygens (including phenoxy) is 2. The summed E-state index contributed by atoms with van der Waals surface area (Å²) in [6.07, 6.45) is -0.521. The monoisotopic (exact) mass is 366 g/mol. The zero-order valence-electron chi connectivity index (χ0n) is 17.4. The van der Waals surface area contributed by atoms with Gasteiger partial charge in [-0.15, -0.1) is 0 Å². The Balaban J connectivity index is 2.86. The van der Waals surface area contributed by atoms with Gasteiger partial charge in [0.15, 0.2) is 0 Å². The lowest BCUT2D eigenvalue weighted by Crippen LogP contribution is -2.42. The first-order valence-electron chi connectivity index (χ1n) is 8.90. The first-order valence-corrected chi connectivity index (χ1v) is 8.90. The van der Waals surface area contributed by atoms with Crippen LogP contribution >= 0.6 is 0 Å². The van der Waals surface area contributed by atoms with Crippen molar-refractivity contribution in [2.45, 2.75) is 26.1 Å². The van der Waals surface area contributed by atoms with E-state index in [0.29, 0.717) is 22.1 Å². The zero-order valence-corrected chi connectivity index (χ0v) is 17.4. The number of hydrogen-bond acceptors (Lipinski definition) is 4. The molecule has 6 heteroatoms. The maximum absolute atomic E-state index is 12.5. The average Bonchev–Trinajstić information content (AvgIpc) is 2.42. The summed E-state index contributed by atoms with van der Waals surface area (Å²) in [7, 11) is 12.2. The molecule has 1 aromatic carbocycles. The van der Waals surface area contributed by atoms with Gasteiger partial charge < -0.3 is 18.4 Å². The third-order valence-corrected chi connectivity index (χ3v) is 3.59. The summed E-state index contributed by atoms with van der Waals surface area (Å²) in [4.78, 5) is 25.1. The van der Waals surface area contributed by atoms with Crippen LogP contribution in [-0.2, 0) is 9.47 Å². The van der Waals surface area contributed by atoms with Crippen molar-refractivity contribution in [1.29, 1.82) is 0 Å². The minimum absolute atomic E-state index is 0.239. The Morgan fingerprint density at radius 1 is 0.769 bits per heavy atom. The van der Waals surface area contributed by atoms with Crippen molar-refractivity contribution in [3.8, 4) is 0 Å². The predicted molar refractivity (Wildman–Crippen MR) is 102 cm³/mol. The maximum Gasteiger partial charge on any atom is 0.339 e. The fourth-order valence-electron chi connectivity index (χ4n) is 2.95. The van der Waals surface area contributed by atoms with Crippen molar-refractivity contribution in [1.82, 2.24) is 0 Å². The number of rotatable bonds is 8. The first-order chi connectivity index (χ1) is 11.8. The number of carbonyl (C=O) groups excluding carboxylic acids is 2. The molecule has 0 aliphatic rings. The number of likely N-dealkylation sites (N-methyl/N-ethyl adjacent to an activating group) is 2. The molecule has 0 bridgehead atoms. The third-order valence-electron chi connectivity index (χ3n) is 3.59. The molecule has 0 aliphatic carbocycles. The number of benzene rings is 1. The Hall–Kier alpha value is -1.92. The summed E-state index contributed by atoms with van der Waals surface area (Å²) in [5.74, 6) is -1.00. The maximum atomic E-state index is 12.5. The Labute approximate surface area is 157 Å². The van der Waals surface area contributed by atoms with E-state index >= 15 is 0 Å². The summed E-state index contributed by atoms with van der Waals surface area (Å²) in [6, 6.07) is 6.63. The molecule has 0 saturated heterocycles. The van der Waals surface area contributed by atoms with Crippen molar-refractivity contribution in [2.24, 2.45) is 0 Å². The normalized spacial score (nSPS) is 14.5. The van der Waals surface area contributed by atoms with Crippen LogP contribution in [0.2, 0.25) is 0 Å². The summed E-state index contributed by atoms with van der Waals surface area (Å²) in [6.45, 7) is 5.06. The Morgan fingerprint density at radius 2 is 1.08 bits per heavy atom. The van der Waals surface area contributed by atoms with Crippen LogP contribution in [0.15, 0.2) is 24.3 Å². The van der Waals surface area contributed by atoms with E-state index in [1.165, 1.54) is 0 Å². The molecular formula is C20H34N2O4+2. The van der Waals surface area contributed by atoms with Crippen LogP contribution in [0.4, 0.5) is 0 Å². The largest absolute Gasteiger partial charge is 0.453 e. The minimum Gasteiger partial charge on any atom is -0.453 e.